The molecule has 0 radical (unpaired) electrons. The fourth-order valence-corrected chi connectivity index (χ4v) is 2.10. The standard InChI is InChI=1S/C18H21N3O3/c1-3-4-11-19-17(22)13-9-10-16(20-12-13)21-15-8-6-5-7-14(15)18(23)24-2/h5-10,12H,3-4,11H2,1-2H3,(H,19,22)(H,20,21). The molecule has 0 bridgehead atoms. The molecule has 1 amide bonds. The zero-order valence-corrected chi connectivity index (χ0v) is 13.8. The number of methoxy groups -OCH3 is 1. The molecule has 24 heavy (non-hydrogen) atoms. The van der Waals surface area contributed by atoms with Gasteiger partial charge in [-0.15, -0.1) is 0 Å². The van der Waals surface area contributed by atoms with Gasteiger partial charge in [0.05, 0.1) is 23.9 Å². The Morgan fingerprint density at radius 2 is 1.96 bits per heavy atom. The van der Waals surface area contributed by atoms with Gasteiger partial charge in [0.1, 0.15) is 5.82 Å². The number of carbonyl (C=O) groups excluding carboxylic acids is 2. The van der Waals surface area contributed by atoms with Crippen molar-refractivity contribution < 1.29 is 14.3 Å². The number of para-hydroxylation sites is 1. The second-order valence-electron chi connectivity index (χ2n) is 5.20. The highest BCUT2D eigenvalue weighted by molar-refractivity contribution is 5.96. The summed E-state index contributed by atoms with van der Waals surface area (Å²) >= 11 is 0. The van der Waals surface area contributed by atoms with Gasteiger partial charge in [0, 0.05) is 12.7 Å². The van der Waals surface area contributed by atoms with Crippen molar-refractivity contribution in [2.45, 2.75) is 19.8 Å². The number of esters is 1. The minimum Gasteiger partial charge on any atom is -0.465 e. The fourth-order valence-electron chi connectivity index (χ4n) is 2.10. The highest BCUT2D eigenvalue weighted by atomic mass is 16.5. The first-order chi connectivity index (χ1) is 11.7. The van der Waals surface area contributed by atoms with Gasteiger partial charge in [0.25, 0.3) is 5.91 Å². The van der Waals surface area contributed by atoms with Crippen LogP contribution in [0.1, 0.15) is 40.5 Å². The predicted molar refractivity (Wildman–Crippen MR) is 92.5 cm³/mol. The lowest BCUT2D eigenvalue weighted by Crippen LogP contribution is -2.24. The molecule has 126 valence electrons. The van der Waals surface area contributed by atoms with E-state index in [0.717, 1.165) is 12.8 Å². The second-order valence-corrected chi connectivity index (χ2v) is 5.20. The molecule has 0 atom stereocenters. The Kier molecular flexibility index (Phi) is 6.31. The summed E-state index contributed by atoms with van der Waals surface area (Å²) in [6.45, 7) is 2.72. The number of anilines is 2. The van der Waals surface area contributed by atoms with Crippen molar-refractivity contribution in [3.8, 4) is 0 Å². The molecule has 0 saturated heterocycles. The number of nitrogens with zero attached hydrogens (tertiary/aromatic N) is 1. The van der Waals surface area contributed by atoms with Crippen molar-refractivity contribution in [1.29, 1.82) is 0 Å². The number of carbonyl (C=O) groups is 2. The van der Waals surface area contributed by atoms with Crippen LogP contribution in [0.4, 0.5) is 11.5 Å². The minimum absolute atomic E-state index is 0.141. The lowest BCUT2D eigenvalue weighted by Gasteiger charge is -2.10. The van der Waals surface area contributed by atoms with E-state index in [0.29, 0.717) is 29.2 Å². The van der Waals surface area contributed by atoms with Gasteiger partial charge in [-0.3, -0.25) is 4.79 Å². The average Bonchev–Trinajstić information content (AvgIpc) is 2.62. The van der Waals surface area contributed by atoms with Crippen molar-refractivity contribution in [3.63, 3.8) is 0 Å². The van der Waals surface area contributed by atoms with E-state index in [1.165, 1.54) is 13.3 Å². The second kappa shape index (κ2) is 8.67. The first-order valence-electron chi connectivity index (χ1n) is 7.84. The highest BCUT2D eigenvalue weighted by Crippen LogP contribution is 2.20. The van der Waals surface area contributed by atoms with Gasteiger partial charge in [0.2, 0.25) is 0 Å². The van der Waals surface area contributed by atoms with E-state index >= 15 is 0 Å². The number of rotatable bonds is 7. The van der Waals surface area contributed by atoms with Crippen molar-refractivity contribution in [2.75, 3.05) is 19.0 Å². The Bertz CT molecular complexity index is 699. The molecule has 6 heteroatoms. The molecule has 0 aliphatic rings. The Labute approximate surface area is 141 Å². The van der Waals surface area contributed by atoms with Crippen LogP contribution in [0, 0.1) is 0 Å². The van der Waals surface area contributed by atoms with Gasteiger partial charge in [-0.25, -0.2) is 9.78 Å². The molecule has 0 unspecified atom stereocenters. The molecule has 0 aliphatic carbocycles. The minimum atomic E-state index is -0.426. The maximum atomic E-state index is 11.9. The van der Waals surface area contributed by atoms with Gasteiger partial charge in [-0.2, -0.15) is 0 Å². The molecule has 1 aromatic carbocycles. The maximum absolute atomic E-state index is 11.9. The molecular weight excluding hydrogens is 306 g/mol. The zero-order valence-electron chi connectivity index (χ0n) is 13.8. The number of aromatic nitrogens is 1. The summed E-state index contributed by atoms with van der Waals surface area (Å²) in [7, 11) is 1.34. The molecule has 0 spiro atoms. The Hall–Kier alpha value is -2.89. The third-order valence-corrected chi connectivity index (χ3v) is 3.44. The first-order valence-corrected chi connectivity index (χ1v) is 7.84. The maximum Gasteiger partial charge on any atom is 0.339 e. The van der Waals surface area contributed by atoms with Crippen molar-refractivity contribution in [1.82, 2.24) is 10.3 Å². The highest BCUT2D eigenvalue weighted by Gasteiger charge is 2.12. The summed E-state index contributed by atoms with van der Waals surface area (Å²) < 4.78 is 4.76. The van der Waals surface area contributed by atoms with E-state index in [2.05, 4.69) is 22.5 Å². The largest absolute Gasteiger partial charge is 0.465 e. The fraction of sp³-hybridized carbons (Fsp3) is 0.278. The number of amides is 1. The topological polar surface area (TPSA) is 80.3 Å². The van der Waals surface area contributed by atoms with Crippen molar-refractivity contribution in [2.24, 2.45) is 0 Å². The van der Waals surface area contributed by atoms with Gasteiger partial charge in [0.15, 0.2) is 0 Å². The number of hydrogen-bond donors (Lipinski definition) is 2. The Morgan fingerprint density at radius 1 is 1.17 bits per heavy atom. The van der Waals surface area contributed by atoms with Crippen LogP contribution in [0.2, 0.25) is 0 Å². The zero-order chi connectivity index (χ0) is 17.4. The van der Waals surface area contributed by atoms with E-state index in [-0.39, 0.29) is 5.91 Å². The summed E-state index contributed by atoms with van der Waals surface area (Å²) in [5.74, 6) is -0.0288. The molecule has 2 rings (SSSR count). The summed E-state index contributed by atoms with van der Waals surface area (Å²) in [5, 5.41) is 5.90. The number of benzene rings is 1. The van der Waals surface area contributed by atoms with Gasteiger partial charge in [-0.05, 0) is 30.7 Å². The van der Waals surface area contributed by atoms with Crippen molar-refractivity contribution >= 4 is 23.4 Å². The molecule has 2 N–H and O–H groups in total. The summed E-state index contributed by atoms with van der Waals surface area (Å²) in [5.41, 5.74) is 1.51. The number of hydrogen-bond acceptors (Lipinski definition) is 5. The third-order valence-electron chi connectivity index (χ3n) is 3.44. The Balaban J connectivity index is 2.07. The molecule has 6 nitrogen and oxygen atoms in total. The monoisotopic (exact) mass is 327 g/mol. The SMILES string of the molecule is CCCCNC(=O)c1ccc(Nc2ccccc2C(=O)OC)nc1. The normalized spacial score (nSPS) is 10.1. The third kappa shape index (κ3) is 4.55. The molecule has 0 aliphatic heterocycles. The van der Waals surface area contributed by atoms with E-state index < -0.39 is 5.97 Å². The van der Waals surface area contributed by atoms with Gasteiger partial charge in [-0.1, -0.05) is 25.5 Å². The Morgan fingerprint density at radius 3 is 2.62 bits per heavy atom. The van der Waals surface area contributed by atoms with Crippen LogP contribution in [-0.2, 0) is 4.74 Å². The molecule has 0 saturated carbocycles. The van der Waals surface area contributed by atoms with Crippen LogP contribution in [-0.4, -0.2) is 30.5 Å². The van der Waals surface area contributed by atoms with Crippen LogP contribution in [0.3, 0.4) is 0 Å². The summed E-state index contributed by atoms with van der Waals surface area (Å²) in [4.78, 5) is 27.9. The van der Waals surface area contributed by atoms with E-state index in [4.69, 9.17) is 4.74 Å². The number of pyridine rings is 1. The number of ether oxygens (including phenoxy) is 1. The quantitative estimate of drug-likeness (QED) is 0.603. The molecule has 1 heterocycles. The smallest absolute Gasteiger partial charge is 0.339 e. The molecule has 0 fully saturated rings. The van der Waals surface area contributed by atoms with Gasteiger partial charge < -0.3 is 15.4 Å². The molecule has 2 aromatic rings. The molecule has 1 aromatic heterocycles. The van der Waals surface area contributed by atoms with Crippen LogP contribution in [0.15, 0.2) is 42.6 Å². The van der Waals surface area contributed by atoms with Crippen LogP contribution >= 0.6 is 0 Å². The van der Waals surface area contributed by atoms with Crippen LogP contribution in [0.5, 0.6) is 0 Å². The van der Waals surface area contributed by atoms with Gasteiger partial charge >= 0.3 is 5.97 Å². The first kappa shape index (κ1) is 17.5. The van der Waals surface area contributed by atoms with E-state index in [9.17, 15) is 9.59 Å². The lowest BCUT2D eigenvalue weighted by atomic mass is 10.2. The summed E-state index contributed by atoms with van der Waals surface area (Å²) in [6.07, 6.45) is 3.48. The molecular formula is C18H21N3O3. The van der Waals surface area contributed by atoms with E-state index in [1.807, 2.05) is 6.07 Å². The lowest BCUT2D eigenvalue weighted by molar-refractivity contribution is 0.0601. The van der Waals surface area contributed by atoms with Crippen LogP contribution < -0.4 is 10.6 Å². The van der Waals surface area contributed by atoms with Crippen molar-refractivity contribution in [3.05, 3.63) is 53.7 Å². The number of unbranched alkanes of at least 4 members (excludes halogenated alkanes) is 1. The average molecular weight is 327 g/mol. The van der Waals surface area contributed by atoms with E-state index in [1.54, 1.807) is 30.3 Å². The van der Waals surface area contributed by atoms with Crippen LogP contribution in [0.25, 0.3) is 0 Å². The number of nitrogens with one attached hydrogen (secondary N) is 2. The summed E-state index contributed by atoms with van der Waals surface area (Å²) in [6, 6.07) is 10.4. The predicted octanol–water partition coefficient (Wildman–Crippen LogP) is 3.14.